The molecule has 0 spiro atoms. The quantitative estimate of drug-likeness (QED) is 0.138. The van der Waals surface area contributed by atoms with E-state index >= 15 is 0 Å². The number of rotatable bonds is 9. The summed E-state index contributed by atoms with van der Waals surface area (Å²) in [5.41, 5.74) is 5.66. The van der Waals surface area contributed by atoms with Crippen LogP contribution >= 0.6 is 0 Å². The number of nitrogens with two attached hydrogens (primary N) is 1. The number of nitro groups is 1. The van der Waals surface area contributed by atoms with Gasteiger partial charge in [0.2, 0.25) is 0 Å². The van der Waals surface area contributed by atoms with Crippen molar-refractivity contribution in [3.05, 3.63) is 39.4 Å². The second-order valence-corrected chi connectivity index (χ2v) is 27.1. The van der Waals surface area contributed by atoms with Crippen LogP contribution in [0.2, 0.25) is 36.3 Å². The summed E-state index contributed by atoms with van der Waals surface area (Å²) < 4.78 is 50.6. The van der Waals surface area contributed by atoms with Crippen LogP contribution in [-0.2, 0) is 20.4 Å². The highest BCUT2D eigenvalue weighted by Gasteiger charge is 2.63. The van der Waals surface area contributed by atoms with E-state index in [1.807, 2.05) is 4.90 Å². The number of nitrogens with zero attached hydrogens (tertiary/aromatic N) is 5. The fourth-order valence-corrected chi connectivity index (χ4v) is 9.97. The minimum absolute atomic E-state index is 0.0417. The van der Waals surface area contributed by atoms with Crippen molar-refractivity contribution in [3.8, 4) is 11.8 Å². The van der Waals surface area contributed by atoms with Crippen molar-refractivity contribution in [1.29, 1.82) is 0 Å². The Hall–Kier alpha value is -3.48. The van der Waals surface area contributed by atoms with Crippen molar-refractivity contribution in [3.63, 3.8) is 0 Å². The highest BCUT2D eigenvalue weighted by atomic mass is 28.4. The first-order valence-electron chi connectivity index (χ1n) is 17.0. The highest BCUT2D eigenvalue weighted by Crippen LogP contribution is 2.51. The van der Waals surface area contributed by atoms with Crippen molar-refractivity contribution < 1.29 is 37.2 Å². The largest absolute Gasteiger partial charge is 0.471 e. The van der Waals surface area contributed by atoms with Crippen LogP contribution < -0.4 is 11.1 Å². The van der Waals surface area contributed by atoms with Gasteiger partial charge in [0.15, 0.2) is 19.8 Å². The van der Waals surface area contributed by atoms with E-state index in [0.717, 1.165) is 0 Å². The van der Waals surface area contributed by atoms with Gasteiger partial charge in [-0.25, -0.2) is 9.98 Å². The Morgan fingerprint density at radius 3 is 2.42 bits per heavy atom. The molecule has 1 fully saturated rings. The predicted octanol–water partition coefficient (Wildman–Crippen LogP) is 4.89. The number of fused-ring (bicyclic) bond motifs is 1. The van der Waals surface area contributed by atoms with Crippen LogP contribution in [0.5, 0.6) is 0 Å². The number of carbonyl (C=O) groups excluding carboxylic acids is 1. The number of amidine groups is 1. The van der Waals surface area contributed by atoms with Crippen LogP contribution in [0.15, 0.2) is 33.2 Å². The molecule has 3 aliphatic rings. The number of nitrogens with one attached hydrogen (secondary N) is 1. The van der Waals surface area contributed by atoms with Crippen molar-refractivity contribution in [1.82, 2.24) is 10.2 Å². The molecule has 52 heavy (non-hydrogen) atoms. The van der Waals surface area contributed by atoms with Gasteiger partial charge < -0.3 is 30.2 Å². The van der Waals surface area contributed by atoms with Crippen molar-refractivity contribution >= 4 is 45.9 Å². The van der Waals surface area contributed by atoms with Gasteiger partial charge >= 0.3 is 12.1 Å². The summed E-state index contributed by atoms with van der Waals surface area (Å²) in [6.45, 7) is 21.4. The second-order valence-electron chi connectivity index (χ2n) is 16.7. The SMILES string of the molecule is CC(C)(C)[Si](C)(C)OC[C@H]1O[C@@H](N2CN=C3C2=NC=NC3(N)Cc2ccc(C#CCNC(=O)C(F)(F)F)cc2[N+](=O)[O-])C[C@@]1(O)[Si](C)(C)C(C)(C)C. The standard InChI is InChI=1S/C34H50F3N7O6Si2/c1-30(2,3)51(7,8)33(46)18-26(50-25(33)19-49-52(9,10)31(4,5)6)43-21-41-27-28(43)40-20-42-32(27,38)17-23-14-13-22(16-24(23)44(47)48)12-11-15-39-29(45)34(35,36)37/h13-14,16,20,25-26,46H,15,17-19,21,38H2,1-10H3,(H,39,45)/t25-,26-,32?,33-/m1/s1. The number of ether oxygens (including phenoxy) is 1. The molecule has 1 aromatic carbocycles. The van der Waals surface area contributed by atoms with E-state index < -0.39 is 63.2 Å². The number of hydrogen-bond donors (Lipinski definition) is 3. The zero-order chi connectivity index (χ0) is 39.3. The number of hydrogen-bond acceptors (Lipinski definition) is 11. The molecule has 4 atom stereocenters. The molecule has 1 amide bonds. The molecule has 4 N–H and O–H groups in total. The van der Waals surface area contributed by atoms with Gasteiger partial charge in [0.05, 0.1) is 31.4 Å². The first-order chi connectivity index (χ1) is 23.6. The summed E-state index contributed by atoms with van der Waals surface area (Å²) in [7, 11) is -4.68. The molecular weight excluding hydrogens is 716 g/mol. The zero-order valence-corrected chi connectivity index (χ0v) is 33.4. The van der Waals surface area contributed by atoms with Gasteiger partial charge in [-0.2, -0.15) is 13.2 Å². The number of amides is 1. The van der Waals surface area contributed by atoms with E-state index in [4.69, 9.17) is 19.9 Å². The van der Waals surface area contributed by atoms with E-state index in [0.29, 0.717) is 18.0 Å². The van der Waals surface area contributed by atoms with E-state index in [1.54, 1.807) is 5.32 Å². The average Bonchev–Trinajstić information content (AvgIpc) is 3.60. The average molecular weight is 766 g/mol. The fourth-order valence-electron chi connectivity index (χ4n) is 6.03. The Kier molecular flexibility index (Phi) is 11.2. The molecule has 18 heteroatoms. The molecular formula is C34H50F3N7O6Si2. The molecule has 286 valence electrons. The smallest absolute Gasteiger partial charge is 0.414 e. The van der Waals surface area contributed by atoms with Crippen LogP contribution in [0.1, 0.15) is 59.1 Å². The van der Waals surface area contributed by atoms with Crippen molar-refractivity contribution in [2.24, 2.45) is 20.7 Å². The van der Waals surface area contributed by atoms with Gasteiger partial charge in [-0.05, 0) is 29.2 Å². The van der Waals surface area contributed by atoms with E-state index in [2.05, 4.69) is 89.6 Å². The summed E-state index contributed by atoms with van der Waals surface area (Å²) in [6, 6.07) is 4.10. The molecule has 13 nitrogen and oxygen atoms in total. The molecule has 1 unspecified atom stereocenters. The maximum atomic E-state index is 12.6. The van der Waals surface area contributed by atoms with E-state index in [9.17, 15) is 33.2 Å². The fraction of sp³-hybridized carbons (Fsp3) is 0.647. The minimum atomic E-state index is -5.05. The van der Waals surface area contributed by atoms with Crippen LogP contribution in [0.3, 0.4) is 0 Å². The maximum Gasteiger partial charge on any atom is 0.471 e. The molecule has 0 radical (unpaired) electrons. The first kappa shape index (κ1) is 41.3. The summed E-state index contributed by atoms with van der Waals surface area (Å²) in [5, 5.41) is 25.0. The van der Waals surface area contributed by atoms with Gasteiger partial charge in [0.1, 0.15) is 31.1 Å². The normalized spacial score (nSPS) is 25.2. The van der Waals surface area contributed by atoms with Gasteiger partial charge in [-0.3, -0.25) is 19.9 Å². The first-order valence-corrected chi connectivity index (χ1v) is 22.9. The monoisotopic (exact) mass is 765 g/mol. The zero-order valence-electron chi connectivity index (χ0n) is 31.4. The molecule has 1 aromatic rings. The minimum Gasteiger partial charge on any atom is -0.414 e. The number of halogens is 3. The lowest BCUT2D eigenvalue weighted by Gasteiger charge is -2.49. The molecule has 1 saturated heterocycles. The third-order valence-corrected chi connectivity index (χ3v) is 22.3. The van der Waals surface area contributed by atoms with Crippen LogP contribution in [-0.4, -0.2) is 104 Å². The van der Waals surface area contributed by atoms with Crippen molar-refractivity contribution in [2.75, 3.05) is 19.8 Å². The Morgan fingerprint density at radius 2 is 1.85 bits per heavy atom. The van der Waals surface area contributed by atoms with Gasteiger partial charge in [-0.1, -0.05) is 72.5 Å². The predicted molar refractivity (Wildman–Crippen MR) is 198 cm³/mol. The molecule has 0 aliphatic carbocycles. The molecule has 4 rings (SSSR count). The Balaban J connectivity index is 1.57. The van der Waals surface area contributed by atoms with Crippen molar-refractivity contribution in [2.45, 2.75) is 120 Å². The molecule has 3 aliphatic heterocycles. The van der Waals surface area contributed by atoms with Gasteiger partial charge in [-0.15, -0.1) is 0 Å². The molecule has 0 aromatic heterocycles. The number of aliphatic hydroxyl groups is 1. The van der Waals surface area contributed by atoms with Gasteiger partial charge in [0, 0.05) is 30.0 Å². The number of alkyl halides is 3. The Labute approximate surface area is 304 Å². The number of carbonyl (C=O) groups is 1. The maximum absolute atomic E-state index is 12.6. The lowest BCUT2D eigenvalue weighted by molar-refractivity contribution is -0.385. The Morgan fingerprint density at radius 1 is 1.19 bits per heavy atom. The van der Waals surface area contributed by atoms with E-state index in [1.165, 1.54) is 24.5 Å². The Bertz CT molecular complexity index is 1740. The lowest BCUT2D eigenvalue weighted by Crippen LogP contribution is -2.65. The third-order valence-electron chi connectivity index (χ3n) is 11.4. The third kappa shape index (κ3) is 8.04. The summed E-state index contributed by atoms with van der Waals surface area (Å²) in [5.74, 6) is 3.16. The summed E-state index contributed by atoms with van der Waals surface area (Å²) in [6.07, 6.45) is -4.82. The lowest BCUT2D eigenvalue weighted by atomic mass is 9.92. The van der Waals surface area contributed by atoms with E-state index in [-0.39, 0.29) is 46.6 Å². The molecule has 3 heterocycles. The summed E-state index contributed by atoms with van der Waals surface area (Å²) in [4.78, 5) is 38.0. The highest BCUT2D eigenvalue weighted by molar-refractivity contribution is 6.83. The summed E-state index contributed by atoms with van der Waals surface area (Å²) >= 11 is 0. The van der Waals surface area contributed by atoms with Crippen LogP contribution in [0, 0.1) is 22.0 Å². The molecule has 0 saturated carbocycles. The van der Waals surface area contributed by atoms with Crippen LogP contribution in [0.4, 0.5) is 18.9 Å². The number of nitro benzene ring substituents is 1. The van der Waals surface area contributed by atoms with Gasteiger partial charge in [0.25, 0.3) is 5.69 Å². The topological polar surface area (TPSA) is 177 Å². The number of benzene rings is 1. The number of aliphatic imine (C=N–C) groups is 3. The second kappa shape index (κ2) is 14.1. The van der Waals surface area contributed by atoms with Crippen LogP contribution in [0.25, 0.3) is 0 Å². The molecule has 0 bridgehead atoms.